The third-order valence-electron chi connectivity index (χ3n) is 10.3. The number of amides is 2. The number of rotatable bonds is 9. The summed E-state index contributed by atoms with van der Waals surface area (Å²) in [7, 11) is -2.10. The van der Waals surface area contributed by atoms with Gasteiger partial charge >= 0.3 is 6.03 Å². The van der Waals surface area contributed by atoms with E-state index in [2.05, 4.69) is 25.6 Å². The van der Waals surface area contributed by atoms with Crippen LogP contribution in [0.3, 0.4) is 0 Å². The molecule has 0 spiro atoms. The van der Waals surface area contributed by atoms with Crippen LogP contribution in [-0.2, 0) is 39.5 Å². The summed E-state index contributed by atoms with van der Waals surface area (Å²) in [6, 6.07) is 31.2. The summed E-state index contributed by atoms with van der Waals surface area (Å²) in [6.07, 6.45) is 6.28. The predicted molar refractivity (Wildman–Crippen MR) is 194 cm³/mol. The minimum Gasteiger partial charge on any atom is -0.475 e. The van der Waals surface area contributed by atoms with Gasteiger partial charge in [-0.1, -0.05) is 97.1 Å². The molecule has 1 unspecified atom stereocenters. The van der Waals surface area contributed by atoms with E-state index in [1.54, 1.807) is 11.8 Å². The lowest BCUT2D eigenvalue weighted by Crippen LogP contribution is -2.48. The lowest BCUT2D eigenvalue weighted by molar-refractivity contribution is 0.179. The molecule has 5 aromatic rings. The molecule has 50 heavy (non-hydrogen) atoms. The Morgan fingerprint density at radius 3 is 2.22 bits per heavy atom. The molecule has 2 heterocycles. The van der Waals surface area contributed by atoms with Crippen molar-refractivity contribution >= 4 is 21.6 Å². The van der Waals surface area contributed by atoms with Crippen LogP contribution in [0.2, 0.25) is 0 Å². The number of methoxy groups -OCH3 is 1. The molecule has 2 amide bonds. The number of urea groups is 1. The maximum Gasteiger partial charge on any atom is 0.354 e. The Bertz CT molecular complexity index is 2060. The van der Waals surface area contributed by atoms with Crippen molar-refractivity contribution in [1.29, 1.82) is 0 Å². The first-order chi connectivity index (χ1) is 24.4. The number of nitrogens with one attached hydrogen (secondary N) is 2. The van der Waals surface area contributed by atoms with Gasteiger partial charge in [0, 0.05) is 18.7 Å². The molecule has 0 radical (unpaired) electrons. The number of anilines is 1. The fourth-order valence-corrected chi connectivity index (χ4v) is 9.93. The summed E-state index contributed by atoms with van der Waals surface area (Å²) in [5.41, 5.74) is 6.88. The van der Waals surface area contributed by atoms with Gasteiger partial charge in [-0.05, 0) is 78.0 Å². The van der Waals surface area contributed by atoms with Crippen molar-refractivity contribution in [2.45, 2.75) is 61.4 Å². The van der Waals surface area contributed by atoms with Crippen LogP contribution in [-0.4, -0.2) is 40.3 Å². The van der Waals surface area contributed by atoms with Crippen molar-refractivity contribution < 1.29 is 18.5 Å². The van der Waals surface area contributed by atoms with Crippen molar-refractivity contribution in [3.05, 3.63) is 142 Å². The van der Waals surface area contributed by atoms with E-state index >= 15 is 4.21 Å². The number of aryl methyl sites for hydroxylation is 2. The van der Waals surface area contributed by atoms with Crippen LogP contribution in [0.5, 0.6) is 5.88 Å². The molecule has 1 aliphatic heterocycles. The largest absolute Gasteiger partial charge is 0.475 e. The zero-order chi connectivity index (χ0) is 34.3. The lowest BCUT2D eigenvalue weighted by Gasteiger charge is -2.37. The molecule has 9 nitrogen and oxygen atoms in total. The van der Waals surface area contributed by atoms with E-state index < -0.39 is 21.5 Å². The highest BCUT2D eigenvalue weighted by atomic mass is 32.2. The first-order valence-electron chi connectivity index (χ1n) is 17.3. The maximum atomic E-state index is 16.0. The summed E-state index contributed by atoms with van der Waals surface area (Å²) in [6.45, 7) is 2.93. The molecular formula is C40H41N5O4S. The Morgan fingerprint density at radius 2 is 1.60 bits per heavy atom. The summed E-state index contributed by atoms with van der Waals surface area (Å²) >= 11 is 0. The van der Waals surface area contributed by atoms with E-state index in [4.69, 9.17) is 9.47 Å². The van der Waals surface area contributed by atoms with Crippen LogP contribution < -0.4 is 14.8 Å². The summed E-state index contributed by atoms with van der Waals surface area (Å²) in [4.78, 5) is 14.7. The van der Waals surface area contributed by atoms with Gasteiger partial charge in [0.05, 0.1) is 18.8 Å². The average molecular weight is 688 g/mol. The van der Waals surface area contributed by atoms with Gasteiger partial charge in [-0.15, -0.1) is 4.36 Å². The minimum atomic E-state index is -3.82. The number of nitrogens with zero attached hydrogens (tertiary/aromatic N) is 3. The highest BCUT2D eigenvalue weighted by Gasteiger charge is 2.43. The van der Waals surface area contributed by atoms with E-state index in [1.807, 2.05) is 97.9 Å². The maximum absolute atomic E-state index is 16.0. The Hall–Kier alpha value is -4.77. The van der Waals surface area contributed by atoms with Crippen LogP contribution in [0.25, 0.3) is 0 Å². The molecule has 2 aliphatic carbocycles. The van der Waals surface area contributed by atoms with Crippen LogP contribution in [0.4, 0.5) is 10.5 Å². The van der Waals surface area contributed by atoms with Crippen LogP contribution in [0.1, 0.15) is 70.7 Å². The van der Waals surface area contributed by atoms with E-state index in [1.165, 1.54) is 17.3 Å². The molecular weight excluding hydrogens is 647 g/mol. The second kappa shape index (κ2) is 13.2. The van der Waals surface area contributed by atoms with E-state index in [0.29, 0.717) is 19.1 Å². The average Bonchev–Trinajstić information content (AvgIpc) is 3.95. The first kappa shape index (κ1) is 32.4. The third-order valence-corrected chi connectivity index (χ3v) is 12.2. The monoisotopic (exact) mass is 687 g/mol. The highest BCUT2D eigenvalue weighted by Crippen LogP contribution is 2.45. The van der Waals surface area contributed by atoms with Crippen molar-refractivity contribution in [3.8, 4) is 5.88 Å². The third kappa shape index (κ3) is 5.52. The number of carbonyl (C=O) groups excluding carboxylic acids is 1. The van der Waals surface area contributed by atoms with Gasteiger partial charge in [0.15, 0.2) is 9.92 Å². The van der Waals surface area contributed by atoms with E-state index in [9.17, 15) is 4.79 Å². The molecule has 3 atom stereocenters. The zero-order valence-electron chi connectivity index (χ0n) is 28.3. The standard InChI is InChI=1S/C40H41N5O4S/c1-27-25-49-38-35(24-41-45(27)38)50(47,43-39(46)42-37-34-20-12-13-28(34)23-29-21-22-30(26-48-2)36(29)37)44-40(31-14-6-3-7-15-31,32-16-8-4-9-17-32)33-18-10-5-11-19-33/h3-11,14-19,23-24,27,30H,12-13,20-22,25-26H2,1-2H3,(H2,42,43,44,46,47)/t27-,30+,50?/m1/s1. The molecule has 10 heteroatoms. The van der Waals surface area contributed by atoms with E-state index in [-0.39, 0.29) is 16.9 Å². The fraction of sp³-hybridized carbons (Fsp3) is 0.300. The molecule has 0 saturated heterocycles. The van der Waals surface area contributed by atoms with Crippen LogP contribution in [0.15, 0.2) is 113 Å². The van der Waals surface area contributed by atoms with Crippen molar-refractivity contribution in [3.63, 3.8) is 0 Å². The number of benzene rings is 4. The quantitative estimate of drug-likeness (QED) is 0.156. The second-order valence-electron chi connectivity index (χ2n) is 13.4. The molecule has 3 aliphatic rings. The van der Waals surface area contributed by atoms with Gasteiger partial charge in [-0.2, -0.15) is 5.10 Å². The molecule has 1 aromatic heterocycles. The topological polar surface area (TPSA) is 107 Å². The van der Waals surface area contributed by atoms with Gasteiger partial charge in [-0.25, -0.2) is 18.4 Å². The number of hydrogen-bond donors (Lipinski definition) is 2. The molecule has 256 valence electrons. The summed E-state index contributed by atoms with van der Waals surface area (Å²) in [5.74, 6) is 0.505. The Kier molecular flexibility index (Phi) is 8.54. The molecule has 8 rings (SSSR count). The SMILES string of the molecule is COC[C@@H]1CCc2cc3c(c(NC(=O)N=S(=O)(NC(c4ccccc4)(c4ccccc4)c4ccccc4)c4cnn5c4OC[C@H]5C)c21)CCC3. The highest BCUT2D eigenvalue weighted by molar-refractivity contribution is 7.92. The number of ether oxygens (including phenoxy) is 2. The number of hydrogen-bond acceptors (Lipinski definition) is 5. The predicted octanol–water partition coefficient (Wildman–Crippen LogP) is 7.56. The number of fused-ring (bicyclic) bond motifs is 3. The summed E-state index contributed by atoms with van der Waals surface area (Å²) < 4.78 is 37.6. The van der Waals surface area contributed by atoms with Crippen LogP contribution in [0, 0.1) is 0 Å². The van der Waals surface area contributed by atoms with Gasteiger partial charge in [0.25, 0.3) is 0 Å². The van der Waals surface area contributed by atoms with E-state index in [0.717, 1.165) is 65.6 Å². The lowest BCUT2D eigenvalue weighted by atomic mass is 9.78. The van der Waals surface area contributed by atoms with Crippen LogP contribution >= 0.6 is 0 Å². The van der Waals surface area contributed by atoms with Crippen molar-refractivity contribution in [2.24, 2.45) is 4.36 Å². The van der Waals surface area contributed by atoms with Crippen molar-refractivity contribution in [2.75, 3.05) is 25.6 Å². The molecule has 0 bridgehead atoms. The Balaban J connectivity index is 1.33. The molecule has 2 N–H and O–H groups in total. The first-order valence-corrected chi connectivity index (χ1v) is 18.8. The number of aromatic nitrogens is 2. The number of carbonyl (C=O) groups is 1. The minimum absolute atomic E-state index is 0.0643. The van der Waals surface area contributed by atoms with Gasteiger partial charge in [0.1, 0.15) is 17.0 Å². The second-order valence-corrected chi connectivity index (χ2v) is 15.3. The van der Waals surface area contributed by atoms with Gasteiger partial charge in [-0.3, -0.25) is 0 Å². The Labute approximate surface area is 293 Å². The fourth-order valence-electron chi connectivity index (χ4n) is 8.05. The zero-order valence-corrected chi connectivity index (χ0v) is 29.1. The molecule has 4 aromatic carbocycles. The summed E-state index contributed by atoms with van der Waals surface area (Å²) in [5, 5.41) is 7.76. The smallest absolute Gasteiger partial charge is 0.354 e. The molecule has 0 saturated carbocycles. The molecule has 0 fully saturated rings. The van der Waals surface area contributed by atoms with Crippen molar-refractivity contribution in [1.82, 2.24) is 14.5 Å². The normalized spacial score (nSPS) is 18.8. The van der Waals surface area contributed by atoms with Gasteiger partial charge < -0.3 is 14.8 Å². The van der Waals surface area contributed by atoms with Gasteiger partial charge in [0.2, 0.25) is 5.88 Å². The Morgan fingerprint density at radius 1 is 0.960 bits per heavy atom.